The molecule has 0 amide bonds. The summed E-state index contributed by atoms with van der Waals surface area (Å²) in [4.78, 5) is 87.1. The number of hydrogen-bond acceptors (Lipinski definition) is 36. The number of nitrogen functional groups attached to an aromatic ring is 1. The fraction of sp³-hybridized carbons (Fsp3) is 0.388. The second-order valence-corrected chi connectivity index (χ2v) is 29.3. The minimum atomic E-state index is -4.27. The quantitative estimate of drug-likeness (QED) is 0.0238. The van der Waals surface area contributed by atoms with Crippen LogP contribution in [0.2, 0.25) is 0 Å². The van der Waals surface area contributed by atoms with Crippen LogP contribution in [0.3, 0.4) is 0 Å². The molecule has 8 aliphatic heterocycles. The zero-order valence-electron chi connectivity index (χ0n) is 68.4. The van der Waals surface area contributed by atoms with Crippen molar-refractivity contribution in [3.63, 3.8) is 0 Å². The van der Waals surface area contributed by atoms with Crippen LogP contribution in [-0.2, 0) is 28.4 Å². The highest BCUT2D eigenvalue weighted by molar-refractivity contribution is 6.23. The summed E-state index contributed by atoms with van der Waals surface area (Å²) in [6.07, 6.45) is 16.5. The van der Waals surface area contributed by atoms with Gasteiger partial charge in [-0.2, -0.15) is 13.2 Å². The number of carbonyl (C=O) groups is 4. The number of alkyl halides is 3. The Kier molecular flexibility index (Phi) is 30.4. The van der Waals surface area contributed by atoms with Gasteiger partial charge in [0, 0.05) is 173 Å². The molecule has 0 aromatic carbocycles. The van der Waals surface area contributed by atoms with E-state index in [1.807, 2.05) is 46.4 Å². The molecular weight excluding hydrogens is 1620 g/mol. The van der Waals surface area contributed by atoms with Crippen LogP contribution in [0, 0.1) is 5.92 Å². The number of pyridine rings is 4. The molecule has 10 N–H and O–H groups in total. The van der Waals surface area contributed by atoms with Gasteiger partial charge >= 0.3 is 30.1 Å². The number of nitrogens with two attached hydrogens (primary N) is 1. The Hall–Kier alpha value is -12.9. The summed E-state index contributed by atoms with van der Waals surface area (Å²) in [6, 6.07) is 14.6. The zero-order valence-corrected chi connectivity index (χ0v) is 68.4. The number of nitrogens with one attached hydrogen (secondary N) is 4. The van der Waals surface area contributed by atoms with Crippen LogP contribution in [0.4, 0.5) is 60.0 Å². The van der Waals surface area contributed by atoms with Crippen molar-refractivity contribution < 1.29 is 98.9 Å². The number of hydrazine groups is 3. The topological polar surface area (TPSA) is 448 Å². The van der Waals surface area contributed by atoms with Gasteiger partial charge in [-0.1, -0.05) is 14.4 Å². The molecular formula is C85H99F3N18O18. The average molecular weight is 1720 g/mol. The molecule has 36 nitrogen and oxygen atoms in total. The maximum absolute atomic E-state index is 12.7. The van der Waals surface area contributed by atoms with Gasteiger partial charge in [-0.3, -0.25) is 21.2 Å². The van der Waals surface area contributed by atoms with E-state index in [9.17, 15) is 52.8 Å². The predicted molar refractivity (Wildman–Crippen MR) is 458 cm³/mol. The third-order valence-corrected chi connectivity index (χ3v) is 19.7. The fourth-order valence-corrected chi connectivity index (χ4v) is 13.3. The summed E-state index contributed by atoms with van der Waals surface area (Å²) >= 11 is 0. The summed E-state index contributed by atoms with van der Waals surface area (Å²) in [6.45, 7) is 21.5. The van der Waals surface area contributed by atoms with Gasteiger partial charge in [0.25, 0.3) is 0 Å². The number of ether oxygens (including phenoxy) is 6. The Labute approximate surface area is 711 Å². The van der Waals surface area contributed by atoms with Crippen LogP contribution in [0.25, 0.3) is 46.6 Å². The van der Waals surface area contributed by atoms with E-state index in [1.54, 1.807) is 120 Å². The number of aromatic hydroxyl groups is 4. The van der Waals surface area contributed by atoms with Gasteiger partial charge in [0.2, 0.25) is 23.5 Å². The first-order valence-corrected chi connectivity index (χ1v) is 40.1. The van der Waals surface area contributed by atoms with Crippen LogP contribution in [0.1, 0.15) is 149 Å². The first-order valence-electron chi connectivity index (χ1n) is 40.1. The standard InChI is InChI=1S/C22H24F3N5O4.C21H25N5O4.C21H22N4O5.C16H15N3O4.C4H9NO.CH4/c1-13(2)33-21(32)17-18(31)16(10-14-11-27-19-15(14)4-3-5-26-19)34-20(17)28-30-8-6-29(7-9-30)12-22(23,24)25;1-3-25-8-10-26(11-9-25)24-20-17(21(28)29-4-2)18(27)16(30-20)12-14-13-23-19-15(14)6-5-7-22-19;26-18-16(10-14-11-23-19-15(14)2-1-5-22-19)30-20(24-25-6-8-28-9-7-25)17(18)21(27)29-12-13-3-4-13;1-8(2)22-16(21)12-13(20)11(23-14(12)17)6-9-7-19-15-10(9)4-3-5-18-15;1-3-6-4-2-5-1;/h3-5,10-11,13,28,31H,6-9,12H2,1-2H3;5-7,12-13,24,27H,3-4,8-11H2,1-2H3;1-2,5,10-11,13,24,26H,3-4,6-9,12H2;3-8,20H,17H2,1-2H3;5H,1-4H2;1H4. The first kappa shape index (κ1) is 90.3. The number of halogens is 3. The number of anilines is 4. The summed E-state index contributed by atoms with van der Waals surface area (Å²) in [5.74, 6) is -0.868. The van der Waals surface area contributed by atoms with Crippen molar-refractivity contribution in [3.05, 3.63) is 141 Å². The highest BCUT2D eigenvalue weighted by Gasteiger charge is 2.37. The zero-order chi connectivity index (χ0) is 86.8. The smallest absolute Gasteiger partial charge is 0.401 e. The minimum absolute atomic E-state index is 0. The lowest BCUT2D eigenvalue weighted by Crippen LogP contribution is -2.50. The second kappa shape index (κ2) is 41.8. The van der Waals surface area contributed by atoms with E-state index >= 15 is 0 Å². The number of furan rings is 4. The van der Waals surface area contributed by atoms with Gasteiger partial charge < -0.3 is 82.5 Å². The van der Waals surface area contributed by atoms with E-state index in [4.69, 9.17) is 51.8 Å². The summed E-state index contributed by atoms with van der Waals surface area (Å²) in [7, 11) is 0. The van der Waals surface area contributed by atoms with Crippen molar-refractivity contribution in [3.8, 4) is 23.0 Å². The molecule has 8 aromatic rings. The fourth-order valence-electron chi connectivity index (χ4n) is 13.3. The van der Waals surface area contributed by atoms with Gasteiger partial charge in [0.1, 0.15) is 0 Å². The largest absolute Gasteiger partial charge is 0.504 e. The second-order valence-electron chi connectivity index (χ2n) is 29.3. The van der Waals surface area contributed by atoms with E-state index in [0.29, 0.717) is 73.2 Å². The number of likely N-dealkylation sites (N-methyl/N-ethyl adjacent to an activating group) is 1. The van der Waals surface area contributed by atoms with E-state index in [2.05, 4.69) is 73.3 Å². The number of morpholine rings is 2. The van der Waals surface area contributed by atoms with Crippen LogP contribution >= 0.6 is 0 Å². The molecule has 0 bridgehead atoms. The Morgan fingerprint density at radius 3 is 1.19 bits per heavy atom. The molecule has 1 saturated carbocycles. The maximum atomic E-state index is 12.7. The SMILES string of the molecule is C.C1COCCN1.CC(C)OC(=O)c1c(N)oc(C=C2C=Nc3ncccc32)c1O.CC(C)OC(=O)c1c(NN2CCN(CC(F)(F)F)CC2)oc(C=C2C=Nc3ncccc32)c1O.CCOC(=O)c1c(NN2CCN(CC)CC2)oc(C=C2C=Nc3ncccc32)c1O.O=C(OCC1CC1)c1c(NN2CCOCC2)oc(C=C2C=Nc3ncccc32)c1O. The van der Waals surface area contributed by atoms with Gasteiger partial charge in [0.05, 0.1) is 58.4 Å². The molecule has 4 saturated heterocycles. The van der Waals surface area contributed by atoms with Crippen LogP contribution in [0.5, 0.6) is 23.0 Å². The summed E-state index contributed by atoms with van der Waals surface area (Å²) in [5, 5.41) is 51.2. The molecule has 0 spiro atoms. The Morgan fingerprint density at radius 2 is 0.847 bits per heavy atom. The van der Waals surface area contributed by atoms with Gasteiger partial charge in [-0.15, -0.1) is 0 Å². The third kappa shape index (κ3) is 23.1. The van der Waals surface area contributed by atoms with Crippen molar-refractivity contribution in [1.82, 2.24) is 50.1 Å². The Bertz CT molecular complexity index is 5350. The lowest BCUT2D eigenvalue weighted by molar-refractivity contribution is -0.148. The molecule has 0 unspecified atom stereocenters. The van der Waals surface area contributed by atoms with Crippen molar-refractivity contribution in [1.29, 1.82) is 0 Å². The van der Waals surface area contributed by atoms with Gasteiger partial charge in [-0.05, 0) is 133 Å². The van der Waals surface area contributed by atoms with Crippen LogP contribution in [-0.4, -0.2) is 264 Å². The highest BCUT2D eigenvalue weighted by Crippen LogP contribution is 2.44. The summed E-state index contributed by atoms with van der Waals surface area (Å²) in [5.41, 5.74) is 20.4. The molecule has 124 heavy (non-hydrogen) atoms. The number of rotatable bonds is 21. The predicted octanol–water partition coefficient (Wildman–Crippen LogP) is 12.4. The number of nitrogens with zero attached hydrogens (tertiary/aromatic N) is 13. The molecule has 5 fully saturated rings. The number of hydrogen-bond donors (Lipinski definition) is 9. The number of fused-ring (bicyclic) bond motifs is 4. The molecule has 17 rings (SSSR count). The van der Waals surface area contributed by atoms with Crippen molar-refractivity contribution in [2.75, 3.05) is 153 Å². The lowest BCUT2D eigenvalue weighted by Gasteiger charge is -2.34. The van der Waals surface area contributed by atoms with Gasteiger partial charge in [0.15, 0.2) is 91.6 Å². The number of allylic oxidation sites excluding steroid dienone is 4. The minimum Gasteiger partial charge on any atom is -0.504 e. The molecule has 9 aliphatic rings. The maximum Gasteiger partial charge on any atom is 0.401 e. The molecule has 0 atom stereocenters. The monoisotopic (exact) mass is 1720 g/mol. The van der Waals surface area contributed by atoms with E-state index in [1.165, 1.54) is 11.0 Å². The van der Waals surface area contributed by atoms with E-state index in [-0.39, 0.29) is 132 Å². The summed E-state index contributed by atoms with van der Waals surface area (Å²) < 4.78 is 92.0. The lowest BCUT2D eigenvalue weighted by atomic mass is 10.1. The normalized spacial score (nSPS) is 17.9. The number of carbonyl (C=O) groups excluding carboxylic acids is 4. The highest BCUT2D eigenvalue weighted by atomic mass is 19.4. The Balaban J connectivity index is 0.000000148. The average Bonchev–Trinajstić information content (AvgIpc) is 1.66. The molecule has 8 aromatic heterocycles. The van der Waals surface area contributed by atoms with Crippen LogP contribution < -0.4 is 27.3 Å². The number of esters is 4. The molecule has 1 aliphatic carbocycles. The third-order valence-electron chi connectivity index (χ3n) is 19.7. The van der Waals surface area contributed by atoms with Crippen molar-refractivity contribution >= 4 is 142 Å². The number of piperazine rings is 2. The molecule has 658 valence electrons. The molecule has 39 heteroatoms. The van der Waals surface area contributed by atoms with E-state index in [0.717, 1.165) is 105 Å². The number of aromatic nitrogens is 4. The molecule has 0 radical (unpaired) electrons. The first-order chi connectivity index (χ1) is 59.4. The molecule has 16 heterocycles. The van der Waals surface area contributed by atoms with Crippen molar-refractivity contribution in [2.24, 2.45) is 25.9 Å². The van der Waals surface area contributed by atoms with Crippen LogP contribution in [0.15, 0.2) is 111 Å². The van der Waals surface area contributed by atoms with Crippen molar-refractivity contribution in [2.45, 2.75) is 80.2 Å². The van der Waals surface area contributed by atoms with Gasteiger partial charge in [-0.25, -0.2) is 74.1 Å². The Morgan fingerprint density at radius 1 is 0.500 bits per heavy atom. The number of aliphatic imine (C=N–C) groups is 4. The van der Waals surface area contributed by atoms with E-state index < -0.39 is 48.5 Å².